The Morgan fingerprint density at radius 1 is 1.16 bits per heavy atom. The van der Waals surface area contributed by atoms with E-state index in [1.165, 1.54) is 11.8 Å². The molecule has 1 aliphatic carbocycles. The molecule has 0 aromatic carbocycles. The Balaban J connectivity index is 2.10. The van der Waals surface area contributed by atoms with E-state index < -0.39 is 35.6 Å². The van der Waals surface area contributed by atoms with Crippen molar-refractivity contribution in [1.82, 2.24) is 5.32 Å². The molecule has 0 aromatic rings. The van der Waals surface area contributed by atoms with Crippen LogP contribution < -0.4 is 5.32 Å². The van der Waals surface area contributed by atoms with Crippen LogP contribution in [0.2, 0.25) is 0 Å². The van der Waals surface area contributed by atoms with E-state index in [0.29, 0.717) is 6.42 Å². The minimum absolute atomic E-state index is 0.00906. The Kier molecular flexibility index (Phi) is 7.54. The Morgan fingerprint density at radius 2 is 1.84 bits per heavy atom. The average molecular weight is 378 g/mol. The minimum Gasteiger partial charge on any atom is -0.480 e. The SMILES string of the molecule is CC(C)C[C@H](NC1CCCC1[C@@H]1S[C@H](CO)[C@H](O)[C@H](O)[C@H]1O)C(=O)O. The van der Waals surface area contributed by atoms with Crippen LogP contribution in [0.25, 0.3) is 0 Å². The standard InChI is InChI=1S/C17H31NO6S/c1-8(2)6-11(17(23)24)18-10-5-3-4-9(10)16-15(22)14(21)13(20)12(7-19)25-16/h8-16,18-22H,3-7H2,1-2H3,(H,23,24)/t9?,10?,11-,12+,13-,14-,15+,16-/m0/s1. The van der Waals surface area contributed by atoms with Gasteiger partial charge < -0.3 is 30.8 Å². The van der Waals surface area contributed by atoms with Gasteiger partial charge in [0.15, 0.2) is 0 Å². The maximum atomic E-state index is 11.5. The van der Waals surface area contributed by atoms with Crippen molar-refractivity contribution in [3.63, 3.8) is 0 Å². The summed E-state index contributed by atoms with van der Waals surface area (Å²) in [6, 6.07) is -0.700. The molecule has 0 amide bonds. The largest absolute Gasteiger partial charge is 0.480 e. The lowest BCUT2D eigenvalue weighted by atomic mass is 9.89. The van der Waals surface area contributed by atoms with Gasteiger partial charge in [0.05, 0.1) is 24.1 Å². The van der Waals surface area contributed by atoms with Crippen molar-refractivity contribution in [2.24, 2.45) is 11.8 Å². The van der Waals surface area contributed by atoms with Crippen LogP contribution in [0.15, 0.2) is 0 Å². The van der Waals surface area contributed by atoms with E-state index in [1.54, 1.807) is 0 Å². The summed E-state index contributed by atoms with van der Waals surface area (Å²) in [6.07, 6.45) is -0.469. The van der Waals surface area contributed by atoms with Crippen LogP contribution in [0.1, 0.15) is 39.5 Å². The van der Waals surface area contributed by atoms with Crippen LogP contribution in [0.5, 0.6) is 0 Å². The summed E-state index contributed by atoms with van der Waals surface area (Å²) in [7, 11) is 0. The molecular formula is C17H31NO6S. The first-order valence-corrected chi connectivity index (χ1v) is 9.99. The van der Waals surface area contributed by atoms with Gasteiger partial charge in [0.1, 0.15) is 12.1 Å². The summed E-state index contributed by atoms with van der Waals surface area (Å²) >= 11 is 1.30. The predicted octanol–water partition coefficient (Wildman–Crippen LogP) is -0.197. The maximum Gasteiger partial charge on any atom is 0.320 e. The topological polar surface area (TPSA) is 130 Å². The van der Waals surface area contributed by atoms with Crippen LogP contribution in [-0.4, -0.2) is 79.0 Å². The van der Waals surface area contributed by atoms with Gasteiger partial charge in [0, 0.05) is 11.3 Å². The predicted molar refractivity (Wildman–Crippen MR) is 95.4 cm³/mol. The van der Waals surface area contributed by atoms with Gasteiger partial charge in [-0.2, -0.15) is 0 Å². The molecule has 1 aliphatic heterocycles. The molecule has 1 saturated heterocycles. The molecule has 146 valence electrons. The Bertz CT molecular complexity index is 449. The molecule has 25 heavy (non-hydrogen) atoms. The second-order valence-corrected chi connectivity index (χ2v) is 9.10. The molecule has 2 aliphatic rings. The fourth-order valence-corrected chi connectivity index (χ4v) is 5.70. The summed E-state index contributed by atoms with van der Waals surface area (Å²) in [4.78, 5) is 11.5. The molecule has 1 saturated carbocycles. The molecule has 7 nitrogen and oxygen atoms in total. The number of aliphatic hydroxyl groups is 4. The Labute approximate surface area is 152 Å². The minimum atomic E-state index is -1.30. The van der Waals surface area contributed by atoms with Gasteiger partial charge in [-0.1, -0.05) is 20.3 Å². The van der Waals surface area contributed by atoms with Gasteiger partial charge in [-0.15, -0.1) is 11.8 Å². The van der Waals surface area contributed by atoms with Crippen LogP contribution in [-0.2, 0) is 4.79 Å². The van der Waals surface area contributed by atoms with Crippen molar-refractivity contribution in [2.75, 3.05) is 6.61 Å². The second-order valence-electron chi connectivity index (χ2n) is 7.68. The van der Waals surface area contributed by atoms with Gasteiger partial charge in [-0.25, -0.2) is 0 Å². The second kappa shape index (κ2) is 9.01. The average Bonchev–Trinajstić information content (AvgIpc) is 3.00. The van der Waals surface area contributed by atoms with E-state index in [0.717, 1.165) is 19.3 Å². The summed E-state index contributed by atoms with van der Waals surface area (Å²) < 4.78 is 0. The number of carbonyl (C=O) groups is 1. The molecule has 1 heterocycles. The zero-order chi connectivity index (χ0) is 18.7. The van der Waals surface area contributed by atoms with Crippen molar-refractivity contribution >= 4 is 17.7 Å². The van der Waals surface area contributed by atoms with Crippen molar-refractivity contribution in [3.8, 4) is 0 Å². The molecule has 2 rings (SSSR count). The van der Waals surface area contributed by atoms with E-state index in [2.05, 4.69) is 5.32 Å². The highest BCUT2D eigenvalue weighted by atomic mass is 32.2. The van der Waals surface area contributed by atoms with Crippen LogP contribution >= 0.6 is 11.8 Å². The number of rotatable bonds is 7. The third kappa shape index (κ3) is 4.87. The lowest BCUT2D eigenvalue weighted by Gasteiger charge is -2.43. The van der Waals surface area contributed by atoms with E-state index in [-0.39, 0.29) is 29.7 Å². The maximum absolute atomic E-state index is 11.5. The smallest absolute Gasteiger partial charge is 0.320 e. The van der Waals surface area contributed by atoms with Gasteiger partial charge in [-0.3, -0.25) is 4.79 Å². The molecular weight excluding hydrogens is 346 g/mol. The summed E-state index contributed by atoms with van der Waals surface area (Å²) in [5.41, 5.74) is 0. The zero-order valence-electron chi connectivity index (χ0n) is 14.8. The lowest BCUT2D eigenvalue weighted by Crippen LogP contribution is -2.58. The highest BCUT2D eigenvalue weighted by molar-refractivity contribution is 8.00. The van der Waals surface area contributed by atoms with E-state index in [4.69, 9.17) is 0 Å². The number of thioether (sulfide) groups is 1. The number of aliphatic carboxylic acids is 1. The van der Waals surface area contributed by atoms with E-state index in [1.807, 2.05) is 13.8 Å². The molecule has 2 fully saturated rings. The van der Waals surface area contributed by atoms with Gasteiger partial charge in [0.25, 0.3) is 0 Å². The first kappa shape index (κ1) is 20.9. The molecule has 8 atom stereocenters. The lowest BCUT2D eigenvalue weighted by molar-refractivity contribution is -0.140. The third-order valence-corrected chi connectivity index (χ3v) is 7.06. The van der Waals surface area contributed by atoms with Gasteiger partial charge in [0.2, 0.25) is 0 Å². The van der Waals surface area contributed by atoms with E-state index in [9.17, 15) is 30.3 Å². The number of carboxylic acid groups (broad SMARTS) is 1. The van der Waals surface area contributed by atoms with Gasteiger partial charge >= 0.3 is 5.97 Å². The molecule has 0 bridgehead atoms. The van der Waals surface area contributed by atoms with Crippen LogP contribution in [0, 0.1) is 11.8 Å². The van der Waals surface area contributed by atoms with Crippen LogP contribution in [0.4, 0.5) is 0 Å². The Hall–Kier alpha value is -0.380. The first-order chi connectivity index (χ1) is 11.8. The molecule has 0 radical (unpaired) electrons. The molecule has 8 heteroatoms. The van der Waals surface area contributed by atoms with Crippen LogP contribution in [0.3, 0.4) is 0 Å². The summed E-state index contributed by atoms with van der Waals surface area (Å²) in [6.45, 7) is 3.68. The van der Waals surface area contributed by atoms with E-state index >= 15 is 0 Å². The quantitative estimate of drug-likeness (QED) is 0.360. The summed E-state index contributed by atoms with van der Waals surface area (Å²) in [5.74, 6) is -0.635. The van der Waals surface area contributed by atoms with Gasteiger partial charge in [-0.05, 0) is 31.1 Å². The molecule has 0 aromatic heterocycles. The number of carboxylic acids is 1. The van der Waals surface area contributed by atoms with Crippen molar-refractivity contribution < 1.29 is 30.3 Å². The molecule has 2 unspecified atom stereocenters. The molecule has 6 N–H and O–H groups in total. The fourth-order valence-electron chi connectivity index (χ4n) is 4.04. The monoisotopic (exact) mass is 377 g/mol. The number of hydrogen-bond donors (Lipinski definition) is 6. The highest BCUT2D eigenvalue weighted by Crippen LogP contribution is 2.43. The number of hydrogen-bond acceptors (Lipinski definition) is 7. The molecule has 0 spiro atoms. The number of nitrogens with one attached hydrogen (secondary N) is 1. The number of aliphatic hydroxyl groups excluding tert-OH is 4. The Morgan fingerprint density at radius 3 is 2.40 bits per heavy atom. The third-order valence-electron chi connectivity index (χ3n) is 5.34. The highest BCUT2D eigenvalue weighted by Gasteiger charge is 2.48. The van der Waals surface area contributed by atoms with Crippen molar-refractivity contribution in [2.45, 2.75) is 80.4 Å². The normalized spacial score (nSPS) is 40.4. The summed E-state index contributed by atoms with van der Waals surface area (Å²) in [5, 5.41) is 51.8. The fraction of sp³-hybridized carbons (Fsp3) is 0.941. The first-order valence-electron chi connectivity index (χ1n) is 9.05. The van der Waals surface area contributed by atoms with Crippen molar-refractivity contribution in [3.05, 3.63) is 0 Å². The van der Waals surface area contributed by atoms with Crippen molar-refractivity contribution in [1.29, 1.82) is 0 Å². The zero-order valence-corrected chi connectivity index (χ0v) is 15.6.